The van der Waals surface area contributed by atoms with Gasteiger partial charge in [-0.2, -0.15) is 0 Å². The molecule has 94 valence electrons. The van der Waals surface area contributed by atoms with Crippen LogP contribution in [0, 0.1) is 5.41 Å². The summed E-state index contributed by atoms with van der Waals surface area (Å²) in [4.78, 5) is 11.8. The van der Waals surface area contributed by atoms with E-state index in [1.807, 2.05) is 20.8 Å². The van der Waals surface area contributed by atoms with Crippen molar-refractivity contribution in [2.75, 3.05) is 19.8 Å². The molecule has 0 aliphatic carbocycles. The van der Waals surface area contributed by atoms with Crippen LogP contribution in [-0.2, 0) is 9.53 Å². The van der Waals surface area contributed by atoms with E-state index in [0.29, 0.717) is 32.5 Å². The maximum absolute atomic E-state index is 11.8. The summed E-state index contributed by atoms with van der Waals surface area (Å²) >= 11 is 0. The van der Waals surface area contributed by atoms with E-state index in [9.17, 15) is 9.90 Å². The number of carbonyl (C=O) groups is 1. The van der Waals surface area contributed by atoms with Crippen LogP contribution in [0.15, 0.2) is 0 Å². The minimum absolute atomic E-state index is 0.00770. The molecule has 0 aromatic heterocycles. The second-order valence-electron chi connectivity index (χ2n) is 5.84. The fourth-order valence-corrected chi connectivity index (χ4v) is 1.91. The summed E-state index contributed by atoms with van der Waals surface area (Å²) in [6.07, 6.45) is 1.87. The normalized spacial score (nSPS) is 20.5. The van der Waals surface area contributed by atoms with Crippen LogP contribution >= 0.6 is 0 Å². The highest BCUT2D eigenvalue weighted by Gasteiger charge is 2.34. The molecule has 2 N–H and O–H groups in total. The van der Waals surface area contributed by atoms with Crippen LogP contribution in [0.1, 0.15) is 40.0 Å². The summed E-state index contributed by atoms with van der Waals surface area (Å²) in [5.41, 5.74) is -0.480. The summed E-state index contributed by atoms with van der Waals surface area (Å²) in [5, 5.41) is 12.4. The minimum atomic E-state index is -0.458. The van der Waals surface area contributed by atoms with Crippen LogP contribution in [0.3, 0.4) is 0 Å². The quantitative estimate of drug-likeness (QED) is 0.761. The Morgan fingerprint density at radius 3 is 2.38 bits per heavy atom. The van der Waals surface area contributed by atoms with Crippen LogP contribution in [0.4, 0.5) is 0 Å². The fraction of sp³-hybridized carbons (Fsp3) is 0.917. The molecule has 0 atom stereocenters. The molecule has 0 bridgehead atoms. The number of carbonyl (C=O) groups excluding carboxylic acids is 1. The monoisotopic (exact) mass is 229 g/mol. The van der Waals surface area contributed by atoms with E-state index < -0.39 is 5.54 Å². The Morgan fingerprint density at radius 1 is 1.38 bits per heavy atom. The molecule has 1 amide bonds. The van der Waals surface area contributed by atoms with Crippen molar-refractivity contribution in [1.82, 2.24) is 5.32 Å². The zero-order chi connectivity index (χ0) is 12.2. The number of hydrogen-bond donors (Lipinski definition) is 2. The highest BCUT2D eigenvalue weighted by molar-refractivity contribution is 5.77. The van der Waals surface area contributed by atoms with Gasteiger partial charge in [0, 0.05) is 19.6 Å². The SMILES string of the molecule is CC(C)(C)CC(=O)NC1(CO)CCOCC1. The van der Waals surface area contributed by atoms with Gasteiger partial charge in [-0.1, -0.05) is 20.8 Å². The van der Waals surface area contributed by atoms with E-state index in [0.717, 1.165) is 0 Å². The first-order valence-electron chi connectivity index (χ1n) is 5.87. The van der Waals surface area contributed by atoms with Crippen LogP contribution in [0.2, 0.25) is 0 Å². The Morgan fingerprint density at radius 2 is 1.94 bits per heavy atom. The first kappa shape index (κ1) is 13.5. The third kappa shape index (κ3) is 4.10. The second-order valence-corrected chi connectivity index (χ2v) is 5.84. The average molecular weight is 229 g/mol. The number of rotatable bonds is 3. The Bertz CT molecular complexity index is 239. The molecule has 1 fully saturated rings. The van der Waals surface area contributed by atoms with Gasteiger partial charge in [-0.15, -0.1) is 0 Å². The van der Waals surface area contributed by atoms with E-state index in [1.54, 1.807) is 0 Å². The van der Waals surface area contributed by atoms with E-state index in [4.69, 9.17) is 4.74 Å². The smallest absolute Gasteiger partial charge is 0.221 e. The first-order valence-corrected chi connectivity index (χ1v) is 5.87. The molecule has 16 heavy (non-hydrogen) atoms. The topological polar surface area (TPSA) is 58.6 Å². The molecule has 1 aliphatic heterocycles. The predicted molar refractivity (Wildman–Crippen MR) is 62.1 cm³/mol. The third-order valence-corrected chi connectivity index (χ3v) is 2.85. The van der Waals surface area contributed by atoms with Gasteiger partial charge in [0.2, 0.25) is 5.91 Å². The van der Waals surface area contributed by atoms with Gasteiger partial charge in [0.1, 0.15) is 0 Å². The third-order valence-electron chi connectivity index (χ3n) is 2.85. The maximum Gasteiger partial charge on any atom is 0.221 e. The van der Waals surface area contributed by atoms with Crippen LogP contribution < -0.4 is 5.32 Å². The molecule has 1 heterocycles. The molecule has 1 rings (SSSR count). The number of aliphatic hydroxyl groups is 1. The van der Waals surface area contributed by atoms with Crippen molar-refractivity contribution < 1.29 is 14.6 Å². The lowest BCUT2D eigenvalue weighted by Gasteiger charge is -2.37. The molecule has 0 spiro atoms. The van der Waals surface area contributed by atoms with Crippen molar-refractivity contribution in [2.24, 2.45) is 5.41 Å². The molecule has 0 saturated carbocycles. The Labute approximate surface area is 97.4 Å². The standard InChI is InChI=1S/C12H23NO3/c1-11(2,3)8-10(15)13-12(9-14)4-6-16-7-5-12/h14H,4-9H2,1-3H3,(H,13,15). The van der Waals surface area contributed by atoms with Crippen molar-refractivity contribution in [2.45, 2.75) is 45.6 Å². The molecule has 0 radical (unpaired) electrons. The maximum atomic E-state index is 11.8. The van der Waals surface area contributed by atoms with E-state index >= 15 is 0 Å². The van der Waals surface area contributed by atoms with Gasteiger partial charge in [-0.25, -0.2) is 0 Å². The van der Waals surface area contributed by atoms with Gasteiger partial charge in [0.15, 0.2) is 0 Å². The van der Waals surface area contributed by atoms with E-state index in [-0.39, 0.29) is 17.9 Å². The highest BCUT2D eigenvalue weighted by atomic mass is 16.5. The van der Waals surface area contributed by atoms with Crippen molar-refractivity contribution in [1.29, 1.82) is 0 Å². The van der Waals surface area contributed by atoms with Crippen LogP contribution in [-0.4, -0.2) is 36.4 Å². The molecular formula is C12H23NO3. The summed E-state index contributed by atoms with van der Waals surface area (Å²) in [5.74, 6) is 0.0171. The number of aliphatic hydroxyl groups excluding tert-OH is 1. The van der Waals surface area contributed by atoms with Crippen molar-refractivity contribution >= 4 is 5.91 Å². The number of ether oxygens (including phenoxy) is 1. The number of amides is 1. The zero-order valence-electron chi connectivity index (χ0n) is 10.5. The van der Waals surface area contributed by atoms with Crippen molar-refractivity contribution in [3.05, 3.63) is 0 Å². The van der Waals surface area contributed by atoms with Crippen LogP contribution in [0.5, 0.6) is 0 Å². The molecular weight excluding hydrogens is 206 g/mol. The van der Waals surface area contributed by atoms with Gasteiger partial charge in [-0.05, 0) is 18.3 Å². The lowest BCUT2D eigenvalue weighted by atomic mass is 9.88. The number of hydrogen-bond acceptors (Lipinski definition) is 3. The second kappa shape index (κ2) is 5.15. The lowest BCUT2D eigenvalue weighted by molar-refractivity contribution is -0.127. The minimum Gasteiger partial charge on any atom is -0.394 e. The van der Waals surface area contributed by atoms with Crippen LogP contribution in [0.25, 0.3) is 0 Å². The highest BCUT2D eigenvalue weighted by Crippen LogP contribution is 2.23. The summed E-state index contributed by atoms with van der Waals surface area (Å²) in [6.45, 7) is 7.30. The van der Waals surface area contributed by atoms with E-state index in [1.165, 1.54) is 0 Å². The molecule has 4 heteroatoms. The van der Waals surface area contributed by atoms with Gasteiger partial charge in [0.05, 0.1) is 12.1 Å². The fourth-order valence-electron chi connectivity index (χ4n) is 1.91. The summed E-state index contributed by atoms with van der Waals surface area (Å²) < 4.78 is 5.25. The summed E-state index contributed by atoms with van der Waals surface area (Å²) in [7, 11) is 0. The van der Waals surface area contributed by atoms with Crippen molar-refractivity contribution in [3.63, 3.8) is 0 Å². The molecule has 1 aliphatic rings. The first-order chi connectivity index (χ1) is 7.37. The van der Waals surface area contributed by atoms with Gasteiger partial charge in [-0.3, -0.25) is 4.79 Å². The molecule has 4 nitrogen and oxygen atoms in total. The average Bonchev–Trinajstić information content (AvgIpc) is 2.16. The van der Waals surface area contributed by atoms with E-state index in [2.05, 4.69) is 5.32 Å². The predicted octanol–water partition coefficient (Wildman–Crippen LogP) is 1.08. The molecule has 1 saturated heterocycles. The summed E-state index contributed by atoms with van der Waals surface area (Å²) in [6, 6.07) is 0. The van der Waals surface area contributed by atoms with Gasteiger partial charge >= 0.3 is 0 Å². The Balaban J connectivity index is 2.52. The van der Waals surface area contributed by atoms with Crippen molar-refractivity contribution in [3.8, 4) is 0 Å². The lowest BCUT2D eigenvalue weighted by Crippen LogP contribution is -2.55. The van der Waals surface area contributed by atoms with Gasteiger partial charge < -0.3 is 15.2 Å². The molecule has 0 aromatic carbocycles. The molecule has 0 unspecified atom stereocenters. The zero-order valence-corrected chi connectivity index (χ0v) is 10.5. The Hall–Kier alpha value is -0.610. The molecule has 0 aromatic rings. The largest absolute Gasteiger partial charge is 0.394 e. The number of nitrogens with one attached hydrogen (secondary N) is 1. The van der Waals surface area contributed by atoms with Gasteiger partial charge in [0.25, 0.3) is 0 Å². The Kier molecular flexibility index (Phi) is 4.33.